The average Bonchev–Trinajstić information content (AvgIpc) is 2.26. The molecule has 1 rings (SSSR count). The van der Waals surface area contributed by atoms with Crippen molar-refractivity contribution in [2.45, 2.75) is 39.4 Å². The van der Waals surface area contributed by atoms with Crippen molar-refractivity contribution in [3.05, 3.63) is 28.8 Å². The molecule has 0 spiro atoms. The standard InChI is InChI=1S/C15H23BrO/c1-9(2)12(5)14(16)13-7-10(3)15(17-6)11(4)8-13/h7-9,12,14H,1-6H3. The van der Waals surface area contributed by atoms with Crippen molar-refractivity contribution in [1.29, 1.82) is 0 Å². The summed E-state index contributed by atoms with van der Waals surface area (Å²) in [4.78, 5) is 0.408. The number of methoxy groups -OCH3 is 1. The zero-order valence-corrected chi connectivity index (χ0v) is 13.3. The Morgan fingerprint density at radius 3 is 1.88 bits per heavy atom. The maximum Gasteiger partial charge on any atom is 0.124 e. The number of rotatable bonds is 4. The summed E-state index contributed by atoms with van der Waals surface area (Å²) in [5.41, 5.74) is 3.77. The molecule has 1 aromatic rings. The van der Waals surface area contributed by atoms with E-state index in [0.29, 0.717) is 16.7 Å². The normalized spacial score (nSPS) is 14.8. The highest BCUT2D eigenvalue weighted by atomic mass is 79.9. The summed E-state index contributed by atoms with van der Waals surface area (Å²) in [5.74, 6) is 2.29. The van der Waals surface area contributed by atoms with E-state index in [1.165, 1.54) is 16.7 Å². The lowest BCUT2D eigenvalue weighted by atomic mass is 9.89. The van der Waals surface area contributed by atoms with Crippen molar-refractivity contribution in [1.82, 2.24) is 0 Å². The molecule has 0 N–H and O–H groups in total. The van der Waals surface area contributed by atoms with E-state index in [4.69, 9.17) is 4.74 Å². The zero-order chi connectivity index (χ0) is 13.2. The number of benzene rings is 1. The van der Waals surface area contributed by atoms with Crippen LogP contribution in [0.1, 0.15) is 42.3 Å². The molecule has 0 heterocycles. The van der Waals surface area contributed by atoms with Gasteiger partial charge in [0.25, 0.3) is 0 Å². The van der Waals surface area contributed by atoms with E-state index in [1.54, 1.807) is 7.11 Å². The monoisotopic (exact) mass is 298 g/mol. The Morgan fingerprint density at radius 1 is 1.06 bits per heavy atom. The van der Waals surface area contributed by atoms with Crippen molar-refractivity contribution < 1.29 is 4.74 Å². The van der Waals surface area contributed by atoms with Gasteiger partial charge >= 0.3 is 0 Å². The lowest BCUT2D eigenvalue weighted by Crippen LogP contribution is -2.11. The molecule has 0 radical (unpaired) electrons. The molecule has 2 atom stereocenters. The summed E-state index contributed by atoms with van der Waals surface area (Å²) in [6.07, 6.45) is 0. The first kappa shape index (κ1) is 14.6. The van der Waals surface area contributed by atoms with Crippen LogP contribution in [0, 0.1) is 25.7 Å². The molecule has 96 valence electrons. The van der Waals surface area contributed by atoms with E-state index in [-0.39, 0.29) is 0 Å². The van der Waals surface area contributed by atoms with Crippen molar-refractivity contribution in [3.63, 3.8) is 0 Å². The van der Waals surface area contributed by atoms with Gasteiger partial charge in [-0.05, 0) is 42.4 Å². The molecule has 0 saturated carbocycles. The fraction of sp³-hybridized carbons (Fsp3) is 0.600. The maximum absolute atomic E-state index is 5.40. The highest BCUT2D eigenvalue weighted by molar-refractivity contribution is 9.09. The third-order valence-electron chi connectivity index (χ3n) is 3.52. The fourth-order valence-corrected chi connectivity index (χ4v) is 2.98. The second-order valence-corrected chi connectivity index (χ2v) is 6.18. The molecule has 0 aliphatic heterocycles. The van der Waals surface area contributed by atoms with Gasteiger partial charge in [-0.1, -0.05) is 48.8 Å². The van der Waals surface area contributed by atoms with Crippen molar-refractivity contribution in [3.8, 4) is 5.75 Å². The summed E-state index contributed by atoms with van der Waals surface area (Å²) in [7, 11) is 1.73. The Balaban J connectivity index is 3.08. The Morgan fingerprint density at radius 2 is 1.53 bits per heavy atom. The second kappa shape index (κ2) is 5.90. The first-order valence-electron chi connectivity index (χ1n) is 6.17. The molecule has 2 unspecified atom stereocenters. The third-order valence-corrected chi connectivity index (χ3v) is 4.88. The van der Waals surface area contributed by atoms with Crippen LogP contribution >= 0.6 is 15.9 Å². The molecule has 0 saturated heterocycles. The van der Waals surface area contributed by atoms with Crippen molar-refractivity contribution in [2.24, 2.45) is 11.8 Å². The molecule has 0 amide bonds. The fourth-order valence-electron chi connectivity index (χ4n) is 2.11. The molecule has 0 fully saturated rings. The van der Waals surface area contributed by atoms with Crippen LogP contribution in [0.15, 0.2) is 12.1 Å². The van der Waals surface area contributed by atoms with Crippen LogP contribution in [-0.4, -0.2) is 7.11 Å². The average molecular weight is 299 g/mol. The van der Waals surface area contributed by atoms with Crippen LogP contribution in [0.4, 0.5) is 0 Å². The largest absolute Gasteiger partial charge is 0.496 e. The van der Waals surface area contributed by atoms with Gasteiger partial charge in [-0.15, -0.1) is 0 Å². The number of alkyl halides is 1. The molecule has 1 nitrogen and oxygen atoms in total. The van der Waals surface area contributed by atoms with Gasteiger partial charge in [-0.2, -0.15) is 0 Å². The molecule has 0 bridgehead atoms. The Hall–Kier alpha value is -0.500. The first-order valence-corrected chi connectivity index (χ1v) is 7.09. The molecule has 2 heteroatoms. The lowest BCUT2D eigenvalue weighted by molar-refractivity contribution is 0.404. The highest BCUT2D eigenvalue weighted by Gasteiger charge is 2.20. The van der Waals surface area contributed by atoms with Gasteiger partial charge in [0.2, 0.25) is 0 Å². The van der Waals surface area contributed by atoms with Gasteiger partial charge in [-0.3, -0.25) is 0 Å². The van der Waals surface area contributed by atoms with Crippen LogP contribution < -0.4 is 4.74 Å². The SMILES string of the molecule is COc1c(C)cc(C(Br)C(C)C(C)C)cc1C. The number of hydrogen-bond donors (Lipinski definition) is 0. The van der Waals surface area contributed by atoms with E-state index < -0.39 is 0 Å². The number of ether oxygens (including phenoxy) is 1. The first-order chi connectivity index (χ1) is 7.88. The predicted molar refractivity (Wildman–Crippen MR) is 78.1 cm³/mol. The molecule has 0 aromatic heterocycles. The van der Waals surface area contributed by atoms with Gasteiger partial charge in [0.05, 0.1) is 7.11 Å². The summed E-state index contributed by atoms with van der Waals surface area (Å²) >= 11 is 3.83. The van der Waals surface area contributed by atoms with Crippen LogP contribution in [0.5, 0.6) is 5.75 Å². The lowest BCUT2D eigenvalue weighted by Gasteiger charge is -2.23. The van der Waals surface area contributed by atoms with Gasteiger partial charge < -0.3 is 4.74 Å². The number of aryl methyl sites for hydroxylation is 2. The maximum atomic E-state index is 5.40. The van der Waals surface area contributed by atoms with Gasteiger partial charge in [0.15, 0.2) is 0 Å². The quantitative estimate of drug-likeness (QED) is 0.708. The summed E-state index contributed by atoms with van der Waals surface area (Å²) < 4.78 is 5.40. The summed E-state index contributed by atoms with van der Waals surface area (Å²) in [6.45, 7) is 11.0. The topological polar surface area (TPSA) is 9.23 Å². The third kappa shape index (κ3) is 3.25. The molecule has 0 aliphatic carbocycles. The Labute approximate surface area is 114 Å². The Bertz CT molecular complexity index is 362. The Kier molecular flexibility index (Phi) is 5.05. The van der Waals surface area contributed by atoms with E-state index in [2.05, 4.69) is 62.7 Å². The van der Waals surface area contributed by atoms with Crippen LogP contribution in [0.2, 0.25) is 0 Å². The van der Waals surface area contributed by atoms with E-state index in [0.717, 1.165) is 5.75 Å². The second-order valence-electron chi connectivity index (χ2n) is 5.19. The highest BCUT2D eigenvalue weighted by Crippen LogP contribution is 2.38. The van der Waals surface area contributed by atoms with E-state index in [9.17, 15) is 0 Å². The minimum Gasteiger partial charge on any atom is -0.496 e. The number of hydrogen-bond acceptors (Lipinski definition) is 1. The minimum atomic E-state index is 0.408. The molecule has 1 aromatic carbocycles. The van der Waals surface area contributed by atoms with Crippen LogP contribution in [-0.2, 0) is 0 Å². The number of halogens is 1. The van der Waals surface area contributed by atoms with Crippen molar-refractivity contribution in [2.75, 3.05) is 7.11 Å². The van der Waals surface area contributed by atoms with Crippen LogP contribution in [0.3, 0.4) is 0 Å². The predicted octanol–water partition coefficient (Wildman–Crippen LogP) is 5.04. The van der Waals surface area contributed by atoms with Crippen molar-refractivity contribution >= 4 is 15.9 Å². The van der Waals surface area contributed by atoms with Gasteiger partial charge in [0, 0.05) is 4.83 Å². The van der Waals surface area contributed by atoms with Gasteiger partial charge in [0.1, 0.15) is 5.75 Å². The minimum absolute atomic E-state index is 0.408. The van der Waals surface area contributed by atoms with E-state index >= 15 is 0 Å². The summed E-state index contributed by atoms with van der Waals surface area (Å²) in [5, 5.41) is 0. The van der Waals surface area contributed by atoms with Gasteiger partial charge in [-0.25, -0.2) is 0 Å². The van der Waals surface area contributed by atoms with E-state index in [1.807, 2.05) is 0 Å². The molecule has 0 aliphatic rings. The van der Waals surface area contributed by atoms with Crippen LogP contribution in [0.25, 0.3) is 0 Å². The molecule has 17 heavy (non-hydrogen) atoms. The summed E-state index contributed by atoms with van der Waals surface area (Å²) in [6, 6.07) is 4.45. The molecular formula is C15H23BrO. The zero-order valence-electron chi connectivity index (χ0n) is 11.7. The smallest absolute Gasteiger partial charge is 0.124 e. The molecular weight excluding hydrogens is 276 g/mol.